The Morgan fingerprint density at radius 2 is 1.81 bits per heavy atom. The van der Waals surface area contributed by atoms with E-state index < -0.39 is 16.1 Å². The van der Waals surface area contributed by atoms with E-state index in [9.17, 15) is 8.42 Å². The Bertz CT molecular complexity index is 884. The molecule has 0 amide bonds. The summed E-state index contributed by atoms with van der Waals surface area (Å²) < 4.78 is 49.9. The normalized spacial score (nSPS) is 15.0. The Hall–Kier alpha value is -2.29. The zero-order chi connectivity index (χ0) is 19.3. The molecule has 0 aliphatic carbocycles. The number of rotatable bonds is 7. The van der Waals surface area contributed by atoms with Gasteiger partial charge in [0.05, 0.1) is 31.3 Å². The van der Waals surface area contributed by atoms with Gasteiger partial charge in [0, 0.05) is 31.7 Å². The van der Waals surface area contributed by atoms with Crippen LogP contribution < -0.4 is 18.9 Å². The van der Waals surface area contributed by atoms with Crippen LogP contribution in [0.3, 0.4) is 0 Å². The van der Waals surface area contributed by atoms with E-state index in [0.717, 1.165) is 12.0 Å². The van der Waals surface area contributed by atoms with Gasteiger partial charge in [-0.3, -0.25) is 0 Å². The molecule has 0 fully saturated rings. The van der Waals surface area contributed by atoms with Gasteiger partial charge in [-0.2, -0.15) is 0 Å². The molecular formula is C19H23NO6S. The van der Waals surface area contributed by atoms with Gasteiger partial charge >= 0.3 is 0 Å². The molecule has 2 aromatic rings. The van der Waals surface area contributed by atoms with E-state index in [1.807, 2.05) is 18.2 Å². The summed E-state index contributed by atoms with van der Waals surface area (Å²) in [6, 6.07) is 11.9. The molecule has 1 aliphatic rings. The molecule has 0 bridgehead atoms. The van der Waals surface area contributed by atoms with Crippen LogP contribution in [-0.2, 0) is 14.8 Å². The lowest BCUT2D eigenvalue weighted by Crippen LogP contribution is -2.29. The summed E-state index contributed by atoms with van der Waals surface area (Å²) in [7, 11) is -0.655. The number of sulfonamides is 1. The molecule has 1 unspecified atom stereocenters. The lowest BCUT2D eigenvalue weighted by Gasteiger charge is -2.19. The lowest BCUT2D eigenvalue weighted by atomic mass is 10.1. The first-order valence-electron chi connectivity index (χ1n) is 8.60. The monoisotopic (exact) mass is 393 g/mol. The minimum atomic E-state index is -3.74. The molecule has 1 N–H and O–H groups in total. The lowest BCUT2D eigenvalue weighted by molar-refractivity contribution is 0.105. The van der Waals surface area contributed by atoms with Crippen molar-refractivity contribution >= 4 is 10.0 Å². The number of hydrogen-bond acceptors (Lipinski definition) is 6. The fourth-order valence-corrected chi connectivity index (χ4v) is 3.88. The van der Waals surface area contributed by atoms with Gasteiger partial charge in [0.1, 0.15) is 5.75 Å². The zero-order valence-electron chi connectivity index (χ0n) is 15.3. The van der Waals surface area contributed by atoms with Crippen LogP contribution in [0.1, 0.15) is 18.1 Å². The van der Waals surface area contributed by atoms with Crippen molar-refractivity contribution in [1.82, 2.24) is 4.72 Å². The van der Waals surface area contributed by atoms with Crippen LogP contribution in [0, 0.1) is 0 Å². The van der Waals surface area contributed by atoms with Gasteiger partial charge in [-0.15, -0.1) is 0 Å². The second-order valence-corrected chi connectivity index (χ2v) is 7.74. The fraction of sp³-hybridized carbons (Fsp3) is 0.368. The molecule has 0 saturated carbocycles. The quantitative estimate of drug-likeness (QED) is 0.778. The van der Waals surface area contributed by atoms with Gasteiger partial charge in [0.25, 0.3) is 0 Å². The highest BCUT2D eigenvalue weighted by Gasteiger charge is 2.22. The third kappa shape index (κ3) is 4.52. The van der Waals surface area contributed by atoms with Crippen molar-refractivity contribution in [3.63, 3.8) is 0 Å². The van der Waals surface area contributed by atoms with E-state index in [1.165, 1.54) is 19.2 Å². The Kier molecular flexibility index (Phi) is 6.20. The summed E-state index contributed by atoms with van der Waals surface area (Å²) in [5.74, 6) is 1.62. The highest BCUT2D eigenvalue weighted by atomic mass is 32.2. The van der Waals surface area contributed by atoms with Crippen LogP contribution in [-0.4, -0.2) is 42.4 Å². The molecule has 0 aromatic heterocycles. The highest BCUT2D eigenvalue weighted by Crippen LogP contribution is 2.32. The molecule has 8 heteroatoms. The fourth-order valence-electron chi connectivity index (χ4n) is 2.83. The predicted octanol–water partition coefficient (Wildman–Crippen LogP) is 2.52. The number of fused-ring (bicyclic) bond motifs is 1. The van der Waals surface area contributed by atoms with Crippen molar-refractivity contribution < 1.29 is 27.4 Å². The Morgan fingerprint density at radius 3 is 2.56 bits per heavy atom. The molecular weight excluding hydrogens is 370 g/mol. The second-order valence-electron chi connectivity index (χ2n) is 5.98. The van der Waals surface area contributed by atoms with Crippen molar-refractivity contribution in [3.05, 3.63) is 48.0 Å². The van der Waals surface area contributed by atoms with Crippen molar-refractivity contribution in [2.24, 2.45) is 0 Å². The SMILES string of the molecule is COc1ccccc1C(CNS(=O)(=O)c1ccc2c(c1)OCCCO2)OC. The summed E-state index contributed by atoms with van der Waals surface area (Å²) in [4.78, 5) is 0.113. The van der Waals surface area contributed by atoms with Crippen LogP contribution in [0.15, 0.2) is 47.4 Å². The number of methoxy groups -OCH3 is 2. The van der Waals surface area contributed by atoms with Crippen LogP contribution in [0.25, 0.3) is 0 Å². The van der Waals surface area contributed by atoms with Crippen molar-refractivity contribution in [3.8, 4) is 17.2 Å². The van der Waals surface area contributed by atoms with Crippen LogP contribution in [0.4, 0.5) is 0 Å². The largest absolute Gasteiger partial charge is 0.496 e. The third-order valence-corrected chi connectivity index (χ3v) is 5.68. The van der Waals surface area contributed by atoms with Gasteiger partial charge < -0.3 is 18.9 Å². The van der Waals surface area contributed by atoms with Crippen LogP contribution in [0.5, 0.6) is 17.2 Å². The Morgan fingerprint density at radius 1 is 1.07 bits per heavy atom. The maximum atomic E-state index is 12.7. The maximum absolute atomic E-state index is 12.7. The minimum absolute atomic E-state index is 0.0631. The maximum Gasteiger partial charge on any atom is 0.240 e. The summed E-state index contributed by atoms with van der Waals surface area (Å²) in [5, 5.41) is 0. The number of hydrogen-bond donors (Lipinski definition) is 1. The average Bonchev–Trinajstić information content (AvgIpc) is 2.93. The van der Waals surface area contributed by atoms with E-state index in [1.54, 1.807) is 19.2 Å². The standard InChI is InChI=1S/C19H23NO6S/c1-23-16-7-4-3-6-15(16)19(24-2)13-20-27(21,22)14-8-9-17-18(12-14)26-11-5-10-25-17/h3-4,6-9,12,19-20H,5,10-11,13H2,1-2H3. The molecule has 1 aliphatic heterocycles. The summed E-state index contributed by atoms with van der Waals surface area (Å²) >= 11 is 0. The summed E-state index contributed by atoms with van der Waals surface area (Å²) in [5.41, 5.74) is 0.767. The van der Waals surface area contributed by atoms with E-state index >= 15 is 0 Å². The number of nitrogens with one attached hydrogen (secondary N) is 1. The Balaban J connectivity index is 1.77. The van der Waals surface area contributed by atoms with E-state index in [2.05, 4.69) is 4.72 Å². The number of para-hydroxylation sites is 1. The van der Waals surface area contributed by atoms with E-state index in [4.69, 9.17) is 18.9 Å². The number of ether oxygens (including phenoxy) is 4. The average molecular weight is 393 g/mol. The summed E-state index contributed by atoms with van der Waals surface area (Å²) in [6.45, 7) is 1.10. The minimum Gasteiger partial charge on any atom is -0.496 e. The molecule has 1 heterocycles. The third-order valence-electron chi connectivity index (χ3n) is 4.26. The molecule has 7 nitrogen and oxygen atoms in total. The van der Waals surface area contributed by atoms with Gasteiger partial charge in [-0.05, 0) is 18.2 Å². The molecule has 0 spiro atoms. The highest BCUT2D eigenvalue weighted by molar-refractivity contribution is 7.89. The van der Waals surface area contributed by atoms with Crippen LogP contribution >= 0.6 is 0 Å². The van der Waals surface area contributed by atoms with Crippen LogP contribution in [0.2, 0.25) is 0 Å². The summed E-state index contributed by atoms with van der Waals surface area (Å²) in [6.07, 6.45) is 0.264. The Labute approximate surface area is 159 Å². The van der Waals surface area contributed by atoms with Gasteiger partial charge in [-0.25, -0.2) is 13.1 Å². The first-order chi connectivity index (χ1) is 13.0. The smallest absolute Gasteiger partial charge is 0.240 e. The molecule has 1 atom stereocenters. The topological polar surface area (TPSA) is 83.1 Å². The first-order valence-corrected chi connectivity index (χ1v) is 10.1. The molecule has 2 aromatic carbocycles. The second kappa shape index (κ2) is 8.60. The van der Waals surface area contributed by atoms with E-state index in [-0.39, 0.29) is 11.4 Å². The van der Waals surface area contributed by atoms with Crippen molar-refractivity contribution in [2.75, 3.05) is 34.0 Å². The van der Waals surface area contributed by atoms with Gasteiger partial charge in [0.2, 0.25) is 10.0 Å². The molecule has 0 radical (unpaired) electrons. The first kappa shape index (κ1) is 19.5. The zero-order valence-corrected chi connectivity index (χ0v) is 16.1. The molecule has 3 rings (SSSR count). The van der Waals surface area contributed by atoms with Crippen molar-refractivity contribution in [1.29, 1.82) is 0 Å². The van der Waals surface area contributed by atoms with Gasteiger partial charge in [0.15, 0.2) is 11.5 Å². The van der Waals surface area contributed by atoms with Crippen molar-refractivity contribution in [2.45, 2.75) is 17.4 Å². The molecule has 0 saturated heterocycles. The molecule has 27 heavy (non-hydrogen) atoms. The van der Waals surface area contributed by atoms with Gasteiger partial charge in [-0.1, -0.05) is 18.2 Å². The molecule has 146 valence electrons. The number of benzene rings is 2. The predicted molar refractivity (Wildman–Crippen MR) is 100.0 cm³/mol. The van der Waals surface area contributed by atoms with E-state index in [0.29, 0.717) is 30.5 Å².